The van der Waals surface area contributed by atoms with Gasteiger partial charge in [0.05, 0.1) is 24.8 Å². The molecule has 0 radical (unpaired) electrons. The molecule has 0 aliphatic rings. The second-order valence-corrected chi connectivity index (χ2v) is 7.27. The van der Waals surface area contributed by atoms with Crippen molar-refractivity contribution in [2.75, 3.05) is 6.61 Å². The molecule has 0 saturated carbocycles. The maximum atomic E-state index is 12.4. The lowest BCUT2D eigenvalue weighted by atomic mass is 10.0. The van der Waals surface area contributed by atoms with Crippen LogP contribution in [0.2, 0.25) is 0 Å². The number of sulfonamides is 1. The highest BCUT2D eigenvalue weighted by Crippen LogP contribution is 2.22. The summed E-state index contributed by atoms with van der Waals surface area (Å²) in [6, 6.07) is 14.6. The lowest BCUT2D eigenvalue weighted by Gasteiger charge is -2.18. The van der Waals surface area contributed by atoms with Gasteiger partial charge in [-0.25, -0.2) is 13.1 Å². The van der Waals surface area contributed by atoms with Gasteiger partial charge in [0, 0.05) is 0 Å². The van der Waals surface area contributed by atoms with E-state index in [0.717, 1.165) is 0 Å². The van der Waals surface area contributed by atoms with Crippen LogP contribution in [-0.2, 0) is 20.6 Å². The van der Waals surface area contributed by atoms with E-state index in [-0.39, 0.29) is 12.2 Å². The molecule has 2 rings (SSSR count). The van der Waals surface area contributed by atoms with E-state index in [1.165, 1.54) is 0 Å². The topological polar surface area (TPSA) is 92.7 Å². The zero-order valence-corrected chi connectivity index (χ0v) is 14.7. The zero-order chi connectivity index (χ0) is 18.3. The van der Waals surface area contributed by atoms with E-state index in [0.29, 0.717) is 23.5 Å². The number of hydrogen-bond acceptors (Lipinski definition) is 4. The fourth-order valence-electron chi connectivity index (χ4n) is 2.42. The van der Waals surface area contributed by atoms with Crippen LogP contribution in [0.5, 0.6) is 5.75 Å². The van der Waals surface area contributed by atoms with E-state index in [1.807, 2.05) is 6.92 Å². The summed E-state index contributed by atoms with van der Waals surface area (Å²) in [4.78, 5) is 11.1. The predicted octanol–water partition coefficient (Wildman–Crippen LogP) is 2.72. The molecule has 1 unspecified atom stereocenters. The summed E-state index contributed by atoms with van der Waals surface area (Å²) in [5.41, 5.74) is 1.21. The van der Waals surface area contributed by atoms with Crippen molar-refractivity contribution in [3.63, 3.8) is 0 Å². The van der Waals surface area contributed by atoms with Crippen LogP contribution < -0.4 is 9.46 Å². The van der Waals surface area contributed by atoms with Gasteiger partial charge in [0.15, 0.2) is 0 Å². The van der Waals surface area contributed by atoms with Crippen molar-refractivity contribution in [2.24, 2.45) is 0 Å². The van der Waals surface area contributed by atoms with Gasteiger partial charge in [0.1, 0.15) is 5.75 Å². The first-order chi connectivity index (χ1) is 11.9. The molecule has 0 amide bonds. The molecule has 0 fully saturated rings. The summed E-state index contributed by atoms with van der Waals surface area (Å²) in [5.74, 6) is -0.644. The summed E-state index contributed by atoms with van der Waals surface area (Å²) in [6.07, 6.45) is -0.345. The van der Waals surface area contributed by atoms with Crippen molar-refractivity contribution in [3.8, 4) is 5.75 Å². The first-order valence-corrected chi connectivity index (χ1v) is 9.53. The SMILES string of the molecule is CCOc1ccc(C(CC(=O)O)NS(=O)(=O)Cc2ccccc2)cc1. The minimum absolute atomic E-state index is 0.207. The highest BCUT2D eigenvalue weighted by atomic mass is 32.2. The highest BCUT2D eigenvalue weighted by molar-refractivity contribution is 7.88. The number of hydrogen-bond donors (Lipinski definition) is 2. The number of carboxylic acid groups (broad SMARTS) is 1. The van der Waals surface area contributed by atoms with Crippen LogP contribution in [0.25, 0.3) is 0 Å². The number of carboxylic acids is 1. The van der Waals surface area contributed by atoms with Gasteiger partial charge in [-0.3, -0.25) is 4.79 Å². The summed E-state index contributed by atoms with van der Waals surface area (Å²) < 4.78 is 32.6. The predicted molar refractivity (Wildman–Crippen MR) is 94.8 cm³/mol. The van der Waals surface area contributed by atoms with Gasteiger partial charge < -0.3 is 9.84 Å². The third kappa shape index (κ3) is 6.21. The Morgan fingerprint density at radius 1 is 1.12 bits per heavy atom. The molecule has 0 bridgehead atoms. The third-order valence-electron chi connectivity index (χ3n) is 3.49. The molecule has 6 nitrogen and oxygen atoms in total. The number of nitrogens with one attached hydrogen (secondary N) is 1. The molecule has 0 heterocycles. The minimum atomic E-state index is -3.69. The quantitative estimate of drug-likeness (QED) is 0.715. The molecule has 2 aromatic rings. The summed E-state index contributed by atoms with van der Waals surface area (Å²) in [5, 5.41) is 9.11. The standard InChI is InChI=1S/C18H21NO5S/c1-2-24-16-10-8-15(9-11-16)17(12-18(20)21)19-25(22,23)13-14-6-4-3-5-7-14/h3-11,17,19H,2,12-13H2,1H3,(H,20,21). The van der Waals surface area contributed by atoms with Gasteiger partial charge in [0.25, 0.3) is 0 Å². The monoisotopic (exact) mass is 363 g/mol. The van der Waals surface area contributed by atoms with Gasteiger partial charge in [0.2, 0.25) is 10.0 Å². The third-order valence-corrected chi connectivity index (χ3v) is 4.85. The second kappa shape index (κ2) is 8.64. The van der Waals surface area contributed by atoms with Gasteiger partial charge >= 0.3 is 5.97 Å². The minimum Gasteiger partial charge on any atom is -0.494 e. The molecule has 1 atom stereocenters. The number of carbonyl (C=O) groups is 1. The average Bonchev–Trinajstić information content (AvgIpc) is 2.55. The van der Waals surface area contributed by atoms with E-state index in [9.17, 15) is 13.2 Å². The molecule has 2 N–H and O–H groups in total. The number of rotatable bonds is 9. The molecule has 2 aromatic carbocycles. The molecule has 0 aromatic heterocycles. The van der Waals surface area contributed by atoms with E-state index in [4.69, 9.17) is 9.84 Å². The maximum absolute atomic E-state index is 12.4. The van der Waals surface area contributed by atoms with Gasteiger partial charge in [-0.15, -0.1) is 0 Å². The van der Waals surface area contributed by atoms with Gasteiger partial charge in [-0.05, 0) is 30.2 Å². The van der Waals surface area contributed by atoms with Crippen LogP contribution in [0.3, 0.4) is 0 Å². The first-order valence-electron chi connectivity index (χ1n) is 7.88. The van der Waals surface area contributed by atoms with Crippen molar-refractivity contribution in [3.05, 3.63) is 65.7 Å². The summed E-state index contributed by atoms with van der Waals surface area (Å²) >= 11 is 0. The molecule has 0 spiro atoms. The normalized spacial score (nSPS) is 12.5. The Labute approximate surface area is 147 Å². The molecular formula is C18H21NO5S. The fraction of sp³-hybridized carbons (Fsp3) is 0.278. The molecule has 0 aliphatic carbocycles. The maximum Gasteiger partial charge on any atom is 0.305 e. The van der Waals surface area contributed by atoms with Crippen molar-refractivity contribution >= 4 is 16.0 Å². The smallest absolute Gasteiger partial charge is 0.305 e. The highest BCUT2D eigenvalue weighted by Gasteiger charge is 2.22. The Morgan fingerprint density at radius 3 is 2.32 bits per heavy atom. The van der Waals surface area contributed by atoms with Crippen molar-refractivity contribution in [1.82, 2.24) is 4.72 Å². The van der Waals surface area contributed by atoms with E-state index in [2.05, 4.69) is 4.72 Å². The molecule has 134 valence electrons. The molecule has 0 saturated heterocycles. The molecule has 7 heteroatoms. The van der Waals surface area contributed by atoms with Crippen LogP contribution >= 0.6 is 0 Å². The summed E-state index contributed by atoms with van der Waals surface area (Å²) in [7, 11) is -3.69. The largest absolute Gasteiger partial charge is 0.494 e. The Bertz CT molecular complexity index is 788. The van der Waals surface area contributed by atoms with Gasteiger partial charge in [-0.1, -0.05) is 42.5 Å². The van der Waals surface area contributed by atoms with Crippen molar-refractivity contribution < 1.29 is 23.1 Å². The summed E-state index contributed by atoms with van der Waals surface area (Å²) in [6.45, 7) is 2.38. The lowest BCUT2D eigenvalue weighted by Crippen LogP contribution is -2.31. The van der Waals surface area contributed by atoms with Crippen LogP contribution in [0, 0.1) is 0 Å². The van der Waals surface area contributed by atoms with Crippen molar-refractivity contribution in [1.29, 1.82) is 0 Å². The van der Waals surface area contributed by atoms with Crippen molar-refractivity contribution in [2.45, 2.75) is 25.1 Å². The average molecular weight is 363 g/mol. The Balaban J connectivity index is 2.17. The van der Waals surface area contributed by atoms with Crippen LogP contribution in [0.4, 0.5) is 0 Å². The van der Waals surface area contributed by atoms with Gasteiger partial charge in [-0.2, -0.15) is 0 Å². The zero-order valence-electron chi connectivity index (χ0n) is 13.9. The number of aliphatic carboxylic acids is 1. The lowest BCUT2D eigenvalue weighted by molar-refractivity contribution is -0.137. The van der Waals surface area contributed by atoms with Crippen LogP contribution in [-0.4, -0.2) is 26.1 Å². The van der Waals surface area contributed by atoms with Crippen LogP contribution in [0.15, 0.2) is 54.6 Å². The van der Waals surface area contributed by atoms with E-state index < -0.39 is 22.0 Å². The second-order valence-electron chi connectivity index (χ2n) is 5.52. The van der Waals surface area contributed by atoms with E-state index >= 15 is 0 Å². The van der Waals surface area contributed by atoms with E-state index in [1.54, 1.807) is 54.6 Å². The Kier molecular flexibility index (Phi) is 6.55. The first kappa shape index (κ1) is 19.0. The Hall–Kier alpha value is -2.38. The molecule has 0 aliphatic heterocycles. The fourth-order valence-corrected chi connectivity index (χ4v) is 3.78. The molecular weight excluding hydrogens is 342 g/mol. The number of benzene rings is 2. The molecule has 25 heavy (non-hydrogen) atoms. The Morgan fingerprint density at radius 2 is 1.76 bits per heavy atom. The number of ether oxygens (including phenoxy) is 1. The van der Waals surface area contributed by atoms with Crippen LogP contribution in [0.1, 0.15) is 30.5 Å².